The number of hydrogen-bond donors (Lipinski definition) is 1. The molecule has 84 valence electrons. The molecule has 2 rings (SSSR count). The Balaban J connectivity index is 1.90. The molecule has 0 heterocycles. The Labute approximate surface area is 96.3 Å². The summed E-state index contributed by atoms with van der Waals surface area (Å²) in [6.45, 7) is 0. The topological polar surface area (TPSA) is 32.6 Å². The van der Waals surface area contributed by atoms with Crippen LogP contribution in [0.3, 0.4) is 0 Å². The van der Waals surface area contributed by atoms with Crippen LogP contribution in [0.2, 0.25) is 0 Å². The molecular weight excluding hydrogens is 198 g/mol. The average molecular weight is 215 g/mol. The lowest BCUT2D eigenvalue weighted by Gasteiger charge is -2.05. The summed E-state index contributed by atoms with van der Waals surface area (Å²) in [6.07, 6.45) is 8.56. The number of hydrogen-bond acceptors (Lipinski definition) is 2. The summed E-state index contributed by atoms with van der Waals surface area (Å²) < 4.78 is 0. The molecule has 1 aromatic rings. The van der Waals surface area contributed by atoms with Crippen LogP contribution >= 0.6 is 0 Å². The molecule has 1 unspecified atom stereocenters. The number of oxime groups is 1. The third-order valence-electron chi connectivity index (χ3n) is 3.12. The second-order valence-electron chi connectivity index (χ2n) is 4.23. The molecule has 0 amide bonds. The number of nitrogens with zero attached hydrogens (tertiary/aromatic N) is 1. The highest BCUT2D eigenvalue weighted by atomic mass is 16.4. The molecule has 1 fully saturated rings. The molecule has 0 bridgehead atoms. The van der Waals surface area contributed by atoms with E-state index in [1.807, 2.05) is 18.2 Å². The monoisotopic (exact) mass is 215 g/mol. The van der Waals surface area contributed by atoms with E-state index >= 15 is 0 Å². The lowest BCUT2D eigenvalue weighted by Crippen LogP contribution is -2.05. The zero-order chi connectivity index (χ0) is 11.2. The Morgan fingerprint density at radius 1 is 1.31 bits per heavy atom. The van der Waals surface area contributed by atoms with Crippen LogP contribution in [-0.4, -0.2) is 10.9 Å². The van der Waals surface area contributed by atoms with E-state index in [1.54, 1.807) is 0 Å². The van der Waals surface area contributed by atoms with Crippen LogP contribution in [-0.2, 0) is 0 Å². The summed E-state index contributed by atoms with van der Waals surface area (Å²) in [6, 6.07) is 10.3. The molecule has 1 saturated carbocycles. The van der Waals surface area contributed by atoms with E-state index < -0.39 is 0 Å². The van der Waals surface area contributed by atoms with Crippen LogP contribution in [0.4, 0.5) is 0 Å². The van der Waals surface area contributed by atoms with Gasteiger partial charge in [-0.15, -0.1) is 0 Å². The van der Waals surface area contributed by atoms with Gasteiger partial charge < -0.3 is 5.21 Å². The lowest BCUT2D eigenvalue weighted by atomic mass is 10.0. The Bertz CT molecular complexity index is 381. The normalized spacial score (nSPS) is 23.2. The van der Waals surface area contributed by atoms with E-state index in [9.17, 15) is 0 Å². The van der Waals surface area contributed by atoms with Crippen molar-refractivity contribution in [2.45, 2.75) is 25.7 Å². The molecule has 0 radical (unpaired) electrons. The molecule has 0 aromatic heterocycles. The zero-order valence-corrected chi connectivity index (χ0v) is 9.34. The molecule has 1 aliphatic rings. The highest BCUT2D eigenvalue weighted by Gasteiger charge is 2.21. The minimum Gasteiger partial charge on any atom is -0.411 e. The number of benzene rings is 1. The maximum absolute atomic E-state index is 8.82. The van der Waals surface area contributed by atoms with E-state index in [-0.39, 0.29) is 0 Å². The van der Waals surface area contributed by atoms with Gasteiger partial charge in [0, 0.05) is 5.92 Å². The van der Waals surface area contributed by atoms with Crippen molar-refractivity contribution in [3.8, 4) is 0 Å². The van der Waals surface area contributed by atoms with Crippen LogP contribution < -0.4 is 0 Å². The van der Waals surface area contributed by atoms with Crippen molar-refractivity contribution in [1.29, 1.82) is 0 Å². The predicted octanol–water partition coefficient (Wildman–Crippen LogP) is 3.72. The fourth-order valence-corrected chi connectivity index (χ4v) is 2.22. The predicted molar refractivity (Wildman–Crippen MR) is 66.7 cm³/mol. The first kappa shape index (κ1) is 10.9. The summed E-state index contributed by atoms with van der Waals surface area (Å²) in [5.74, 6) is 0.449. The van der Waals surface area contributed by atoms with Crippen molar-refractivity contribution in [2.24, 2.45) is 11.1 Å². The first-order valence-electron chi connectivity index (χ1n) is 5.82. The Hall–Kier alpha value is -1.57. The standard InChI is InChI=1S/C14H17NO/c16-15-14-11-5-10-13(14)9-4-8-12-6-2-1-3-7-12/h1-4,6-8,13,16H,5,9-11H2/b8-4+,15-14+. The van der Waals surface area contributed by atoms with Gasteiger partial charge in [0.25, 0.3) is 0 Å². The maximum Gasteiger partial charge on any atom is 0.0604 e. The van der Waals surface area contributed by atoms with Gasteiger partial charge in [0.2, 0.25) is 0 Å². The molecule has 2 nitrogen and oxygen atoms in total. The zero-order valence-electron chi connectivity index (χ0n) is 9.34. The van der Waals surface area contributed by atoms with Crippen molar-refractivity contribution in [3.05, 3.63) is 42.0 Å². The van der Waals surface area contributed by atoms with Crippen LogP contribution in [0.5, 0.6) is 0 Å². The largest absolute Gasteiger partial charge is 0.411 e. The first-order valence-corrected chi connectivity index (χ1v) is 5.82. The fourth-order valence-electron chi connectivity index (χ4n) is 2.22. The summed E-state index contributed by atoms with van der Waals surface area (Å²) in [5, 5.41) is 12.2. The molecule has 0 saturated heterocycles. The Kier molecular flexibility index (Phi) is 3.76. The van der Waals surface area contributed by atoms with E-state index in [2.05, 4.69) is 29.4 Å². The van der Waals surface area contributed by atoms with Gasteiger partial charge in [0.15, 0.2) is 0 Å². The highest BCUT2D eigenvalue weighted by molar-refractivity contribution is 5.88. The van der Waals surface area contributed by atoms with E-state index in [0.717, 1.165) is 31.4 Å². The van der Waals surface area contributed by atoms with Crippen LogP contribution in [0.1, 0.15) is 31.2 Å². The van der Waals surface area contributed by atoms with E-state index in [0.29, 0.717) is 5.92 Å². The second kappa shape index (κ2) is 5.50. The van der Waals surface area contributed by atoms with Crippen LogP contribution in [0.15, 0.2) is 41.6 Å². The van der Waals surface area contributed by atoms with Gasteiger partial charge in [0.1, 0.15) is 0 Å². The molecule has 0 spiro atoms. The molecule has 16 heavy (non-hydrogen) atoms. The number of rotatable bonds is 3. The summed E-state index contributed by atoms with van der Waals surface area (Å²) in [5.41, 5.74) is 2.20. The van der Waals surface area contributed by atoms with Gasteiger partial charge in [0.05, 0.1) is 5.71 Å². The van der Waals surface area contributed by atoms with Crippen molar-refractivity contribution in [3.63, 3.8) is 0 Å². The van der Waals surface area contributed by atoms with Gasteiger partial charge in [-0.05, 0) is 31.2 Å². The second-order valence-corrected chi connectivity index (χ2v) is 4.23. The van der Waals surface area contributed by atoms with Gasteiger partial charge in [-0.2, -0.15) is 0 Å². The van der Waals surface area contributed by atoms with E-state index in [4.69, 9.17) is 5.21 Å². The average Bonchev–Trinajstić information content (AvgIpc) is 2.78. The molecule has 1 atom stereocenters. The van der Waals surface area contributed by atoms with Crippen molar-refractivity contribution >= 4 is 11.8 Å². The Morgan fingerprint density at radius 3 is 2.88 bits per heavy atom. The summed E-state index contributed by atoms with van der Waals surface area (Å²) in [4.78, 5) is 0. The third kappa shape index (κ3) is 2.72. The van der Waals surface area contributed by atoms with Gasteiger partial charge in [-0.1, -0.05) is 47.6 Å². The van der Waals surface area contributed by atoms with Gasteiger partial charge in [-0.3, -0.25) is 0 Å². The van der Waals surface area contributed by atoms with Crippen molar-refractivity contribution < 1.29 is 5.21 Å². The lowest BCUT2D eigenvalue weighted by molar-refractivity contribution is 0.315. The Morgan fingerprint density at radius 2 is 2.12 bits per heavy atom. The molecule has 0 aliphatic heterocycles. The fraction of sp³-hybridized carbons (Fsp3) is 0.357. The first-order chi connectivity index (χ1) is 7.90. The molecule has 1 aromatic carbocycles. The van der Waals surface area contributed by atoms with Gasteiger partial charge >= 0.3 is 0 Å². The molecule has 1 aliphatic carbocycles. The SMILES string of the molecule is O/N=C1\CCCC1C/C=C/c1ccccc1. The highest BCUT2D eigenvalue weighted by Crippen LogP contribution is 2.26. The quantitative estimate of drug-likeness (QED) is 0.605. The molecular formula is C14H17NO. The van der Waals surface area contributed by atoms with Crippen LogP contribution in [0.25, 0.3) is 6.08 Å². The third-order valence-corrected chi connectivity index (χ3v) is 3.12. The van der Waals surface area contributed by atoms with E-state index in [1.165, 1.54) is 5.56 Å². The van der Waals surface area contributed by atoms with Crippen molar-refractivity contribution in [2.75, 3.05) is 0 Å². The number of allylic oxidation sites excluding steroid dienone is 1. The molecule has 1 N–H and O–H groups in total. The summed E-state index contributed by atoms with van der Waals surface area (Å²) in [7, 11) is 0. The minimum atomic E-state index is 0.449. The smallest absolute Gasteiger partial charge is 0.0604 e. The maximum atomic E-state index is 8.82. The van der Waals surface area contributed by atoms with Crippen LogP contribution in [0, 0.1) is 5.92 Å². The minimum absolute atomic E-state index is 0.449. The van der Waals surface area contributed by atoms with Crippen molar-refractivity contribution in [1.82, 2.24) is 0 Å². The molecule has 2 heteroatoms. The summed E-state index contributed by atoms with van der Waals surface area (Å²) >= 11 is 0. The van der Waals surface area contributed by atoms with Gasteiger partial charge in [-0.25, -0.2) is 0 Å².